The zero-order valence-electron chi connectivity index (χ0n) is 6.76. The second-order valence-corrected chi connectivity index (χ2v) is 2.42. The van der Waals surface area contributed by atoms with Gasteiger partial charge in [0.1, 0.15) is 12.4 Å². The van der Waals surface area contributed by atoms with Crippen LogP contribution in [0.5, 0.6) is 0 Å². The molecule has 0 bridgehead atoms. The zero-order chi connectivity index (χ0) is 8.97. The van der Waals surface area contributed by atoms with Crippen molar-refractivity contribution < 1.29 is 4.39 Å². The molecule has 1 rings (SSSR count). The van der Waals surface area contributed by atoms with Gasteiger partial charge in [0.2, 0.25) is 0 Å². The van der Waals surface area contributed by atoms with Gasteiger partial charge in [-0.3, -0.25) is 0 Å². The second-order valence-electron chi connectivity index (χ2n) is 2.42. The first-order valence-electron chi connectivity index (χ1n) is 3.61. The molecule has 3 heteroatoms. The lowest BCUT2D eigenvalue weighted by molar-refractivity contribution is 0.619. The number of hydrogen-bond acceptors (Lipinski definition) is 2. The van der Waals surface area contributed by atoms with Crippen molar-refractivity contribution in [1.29, 1.82) is 5.26 Å². The van der Waals surface area contributed by atoms with Crippen LogP contribution in [0, 0.1) is 24.1 Å². The number of rotatable bonds is 2. The monoisotopic (exact) mass is 164 g/mol. The van der Waals surface area contributed by atoms with Crippen LogP contribution in [0.2, 0.25) is 0 Å². The van der Waals surface area contributed by atoms with E-state index in [2.05, 4.69) is 5.32 Å². The minimum Gasteiger partial charge on any atom is -0.372 e. The molecule has 1 aromatic rings. The highest BCUT2D eigenvalue weighted by Gasteiger charge is 2.00. The van der Waals surface area contributed by atoms with Crippen LogP contribution in [-0.4, -0.2) is 6.54 Å². The van der Waals surface area contributed by atoms with E-state index in [1.54, 1.807) is 19.1 Å². The minimum atomic E-state index is -0.252. The van der Waals surface area contributed by atoms with E-state index in [4.69, 9.17) is 5.26 Å². The molecule has 0 fully saturated rings. The van der Waals surface area contributed by atoms with Crippen LogP contribution < -0.4 is 5.32 Å². The van der Waals surface area contributed by atoms with Crippen LogP contribution >= 0.6 is 0 Å². The van der Waals surface area contributed by atoms with Crippen molar-refractivity contribution in [3.8, 4) is 6.07 Å². The summed E-state index contributed by atoms with van der Waals surface area (Å²) in [6.07, 6.45) is 0. The highest BCUT2D eigenvalue weighted by Crippen LogP contribution is 2.16. The number of anilines is 1. The molecule has 0 saturated carbocycles. The minimum absolute atomic E-state index is 0.199. The van der Waals surface area contributed by atoms with E-state index in [1.165, 1.54) is 6.07 Å². The van der Waals surface area contributed by atoms with E-state index in [1.807, 2.05) is 6.07 Å². The van der Waals surface area contributed by atoms with Gasteiger partial charge in [-0.15, -0.1) is 0 Å². The predicted molar refractivity (Wildman–Crippen MR) is 45.2 cm³/mol. The molecule has 2 nitrogen and oxygen atoms in total. The molecule has 0 aliphatic carbocycles. The molecule has 0 aliphatic heterocycles. The van der Waals surface area contributed by atoms with Gasteiger partial charge in [0.05, 0.1) is 6.07 Å². The summed E-state index contributed by atoms with van der Waals surface area (Å²) in [5.74, 6) is -0.252. The molecule has 0 unspecified atom stereocenters. The first-order valence-corrected chi connectivity index (χ1v) is 3.61. The topological polar surface area (TPSA) is 35.8 Å². The standard InChI is InChI=1S/C9H9FN2/c1-7-8(10)3-2-4-9(7)12-6-5-11/h2-4,12H,6H2,1H3. The van der Waals surface area contributed by atoms with Crippen molar-refractivity contribution >= 4 is 5.69 Å². The van der Waals surface area contributed by atoms with Crippen molar-refractivity contribution in [2.45, 2.75) is 6.92 Å². The van der Waals surface area contributed by atoms with Crippen molar-refractivity contribution in [2.24, 2.45) is 0 Å². The maximum atomic E-state index is 12.9. The maximum Gasteiger partial charge on any atom is 0.128 e. The third-order valence-corrected chi connectivity index (χ3v) is 1.63. The molecule has 0 aliphatic rings. The van der Waals surface area contributed by atoms with Gasteiger partial charge in [-0.1, -0.05) is 6.07 Å². The lowest BCUT2D eigenvalue weighted by Crippen LogP contribution is -2.01. The highest BCUT2D eigenvalue weighted by molar-refractivity contribution is 5.51. The van der Waals surface area contributed by atoms with Gasteiger partial charge < -0.3 is 5.32 Å². The molecule has 12 heavy (non-hydrogen) atoms. The fourth-order valence-electron chi connectivity index (χ4n) is 0.934. The number of halogens is 1. The molecule has 0 saturated heterocycles. The number of nitrogens with zero attached hydrogens (tertiary/aromatic N) is 1. The van der Waals surface area contributed by atoms with Gasteiger partial charge in [0, 0.05) is 11.3 Å². The summed E-state index contributed by atoms with van der Waals surface area (Å²) in [6, 6.07) is 6.68. The predicted octanol–water partition coefficient (Wildman–Crippen LogP) is 2.07. The highest BCUT2D eigenvalue weighted by atomic mass is 19.1. The first-order chi connectivity index (χ1) is 5.75. The molecular formula is C9H9FN2. The quantitative estimate of drug-likeness (QED) is 0.679. The lowest BCUT2D eigenvalue weighted by atomic mass is 10.2. The van der Waals surface area contributed by atoms with E-state index in [0.717, 1.165) is 0 Å². The third-order valence-electron chi connectivity index (χ3n) is 1.63. The van der Waals surface area contributed by atoms with Gasteiger partial charge in [-0.05, 0) is 19.1 Å². The molecule has 1 N–H and O–H groups in total. The Morgan fingerprint density at radius 2 is 2.33 bits per heavy atom. The van der Waals surface area contributed by atoms with Crippen molar-refractivity contribution in [3.05, 3.63) is 29.6 Å². The van der Waals surface area contributed by atoms with Gasteiger partial charge in [-0.2, -0.15) is 5.26 Å². The largest absolute Gasteiger partial charge is 0.372 e. The Hall–Kier alpha value is -1.56. The van der Waals surface area contributed by atoms with Crippen LogP contribution in [0.3, 0.4) is 0 Å². The van der Waals surface area contributed by atoms with E-state index in [-0.39, 0.29) is 12.4 Å². The SMILES string of the molecule is Cc1c(F)cccc1NCC#N. The number of benzene rings is 1. The summed E-state index contributed by atoms with van der Waals surface area (Å²) >= 11 is 0. The van der Waals surface area contributed by atoms with Crippen LogP contribution in [-0.2, 0) is 0 Å². The summed E-state index contributed by atoms with van der Waals surface area (Å²) in [5.41, 5.74) is 1.23. The van der Waals surface area contributed by atoms with Crippen LogP contribution in [0.15, 0.2) is 18.2 Å². The van der Waals surface area contributed by atoms with Gasteiger partial charge >= 0.3 is 0 Å². The number of nitrogens with one attached hydrogen (secondary N) is 1. The first kappa shape index (κ1) is 8.54. The molecule has 0 atom stereocenters. The molecule has 0 heterocycles. The molecular weight excluding hydrogens is 155 g/mol. The van der Waals surface area contributed by atoms with Crippen molar-refractivity contribution in [2.75, 3.05) is 11.9 Å². The number of hydrogen-bond donors (Lipinski definition) is 1. The Morgan fingerprint density at radius 1 is 1.58 bits per heavy atom. The average Bonchev–Trinajstić information content (AvgIpc) is 2.08. The normalized spacial score (nSPS) is 9.08. The summed E-state index contributed by atoms with van der Waals surface area (Å²) in [6.45, 7) is 1.87. The summed E-state index contributed by atoms with van der Waals surface area (Å²) in [4.78, 5) is 0. The van der Waals surface area contributed by atoms with Crippen molar-refractivity contribution in [1.82, 2.24) is 0 Å². The fraction of sp³-hybridized carbons (Fsp3) is 0.222. The summed E-state index contributed by atoms with van der Waals surface area (Å²) in [7, 11) is 0. The maximum absolute atomic E-state index is 12.9. The molecule has 0 aromatic heterocycles. The average molecular weight is 164 g/mol. The molecule has 1 aromatic carbocycles. The lowest BCUT2D eigenvalue weighted by Gasteiger charge is -2.05. The van der Waals surface area contributed by atoms with Gasteiger partial charge in [0.15, 0.2) is 0 Å². The summed E-state index contributed by atoms with van der Waals surface area (Å²) in [5, 5.41) is 11.1. The summed E-state index contributed by atoms with van der Waals surface area (Å²) < 4.78 is 12.9. The molecule has 0 spiro atoms. The Bertz CT molecular complexity index is 315. The smallest absolute Gasteiger partial charge is 0.128 e. The van der Waals surface area contributed by atoms with Gasteiger partial charge in [-0.25, -0.2) is 4.39 Å². The Kier molecular flexibility index (Phi) is 2.65. The molecule has 0 radical (unpaired) electrons. The number of nitriles is 1. The Balaban J connectivity index is 2.86. The van der Waals surface area contributed by atoms with E-state index < -0.39 is 0 Å². The van der Waals surface area contributed by atoms with Crippen LogP contribution in [0.1, 0.15) is 5.56 Å². The van der Waals surface area contributed by atoms with Crippen LogP contribution in [0.25, 0.3) is 0 Å². The Labute approximate surface area is 70.6 Å². The second kappa shape index (κ2) is 3.72. The molecule has 62 valence electrons. The van der Waals surface area contributed by atoms with Crippen LogP contribution in [0.4, 0.5) is 10.1 Å². The zero-order valence-corrected chi connectivity index (χ0v) is 6.76. The Morgan fingerprint density at radius 3 is 3.00 bits per heavy atom. The van der Waals surface area contributed by atoms with E-state index in [0.29, 0.717) is 11.3 Å². The third kappa shape index (κ3) is 1.73. The van der Waals surface area contributed by atoms with E-state index in [9.17, 15) is 4.39 Å². The van der Waals surface area contributed by atoms with Gasteiger partial charge in [0.25, 0.3) is 0 Å². The fourth-order valence-corrected chi connectivity index (χ4v) is 0.934. The van der Waals surface area contributed by atoms with Crippen molar-refractivity contribution in [3.63, 3.8) is 0 Å². The molecule has 0 amide bonds. The van der Waals surface area contributed by atoms with E-state index >= 15 is 0 Å².